The van der Waals surface area contributed by atoms with Gasteiger partial charge in [0.1, 0.15) is 0 Å². The fourth-order valence-electron chi connectivity index (χ4n) is 1.84. The number of rotatable bonds is 4. The molecular weight excluding hydrogens is 280 g/mol. The van der Waals surface area contributed by atoms with E-state index < -0.39 is 0 Å². The Balaban J connectivity index is 2.02. The Morgan fingerprint density at radius 2 is 1.73 bits per heavy atom. The molecule has 0 spiro atoms. The number of carbonyl (C=O) groups is 2. The van der Waals surface area contributed by atoms with E-state index in [1.165, 1.54) is 7.11 Å². The maximum Gasteiger partial charge on any atom is 0.309 e. The normalized spacial score (nSPS) is 9.64. The monoisotopic (exact) mass is 294 g/mol. The van der Waals surface area contributed by atoms with E-state index in [1.807, 2.05) is 6.07 Å². The molecule has 1 amide bonds. The van der Waals surface area contributed by atoms with Crippen LogP contribution in [0.1, 0.15) is 21.5 Å². The van der Waals surface area contributed by atoms with Crippen molar-refractivity contribution in [1.29, 1.82) is 5.26 Å². The summed E-state index contributed by atoms with van der Waals surface area (Å²) < 4.78 is 4.59. The first-order valence-electron chi connectivity index (χ1n) is 6.59. The number of hydrogen-bond acceptors (Lipinski definition) is 4. The van der Waals surface area contributed by atoms with Gasteiger partial charge < -0.3 is 10.1 Å². The van der Waals surface area contributed by atoms with E-state index in [4.69, 9.17) is 5.26 Å². The number of anilines is 1. The predicted molar refractivity (Wildman–Crippen MR) is 81.3 cm³/mol. The number of nitrogens with zero attached hydrogens (tertiary/aromatic N) is 1. The van der Waals surface area contributed by atoms with Gasteiger partial charge >= 0.3 is 5.97 Å². The summed E-state index contributed by atoms with van der Waals surface area (Å²) >= 11 is 0. The number of hydrogen-bond donors (Lipinski definition) is 1. The van der Waals surface area contributed by atoms with Crippen molar-refractivity contribution in [3.8, 4) is 6.07 Å². The van der Waals surface area contributed by atoms with E-state index in [0.717, 1.165) is 5.56 Å². The third-order valence-electron chi connectivity index (χ3n) is 3.06. The Kier molecular flexibility index (Phi) is 4.89. The van der Waals surface area contributed by atoms with Crippen molar-refractivity contribution in [2.24, 2.45) is 0 Å². The van der Waals surface area contributed by atoms with Crippen molar-refractivity contribution in [1.82, 2.24) is 0 Å². The smallest absolute Gasteiger partial charge is 0.309 e. The lowest BCUT2D eigenvalue weighted by molar-refractivity contribution is -0.139. The van der Waals surface area contributed by atoms with E-state index >= 15 is 0 Å². The molecule has 0 saturated heterocycles. The number of ether oxygens (including phenoxy) is 1. The molecule has 0 aliphatic rings. The van der Waals surface area contributed by atoms with Crippen LogP contribution in [-0.4, -0.2) is 19.0 Å². The van der Waals surface area contributed by atoms with Gasteiger partial charge in [0.2, 0.25) is 0 Å². The molecule has 2 aromatic rings. The van der Waals surface area contributed by atoms with E-state index in [2.05, 4.69) is 10.1 Å². The Labute approximate surface area is 128 Å². The van der Waals surface area contributed by atoms with Gasteiger partial charge in [-0.25, -0.2) is 0 Å². The molecule has 0 atom stereocenters. The third-order valence-corrected chi connectivity index (χ3v) is 3.06. The van der Waals surface area contributed by atoms with Gasteiger partial charge in [-0.1, -0.05) is 12.1 Å². The number of esters is 1. The first-order valence-corrected chi connectivity index (χ1v) is 6.59. The van der Waals surface area contributed by atoms with Crippen LogP contribution >= 0.6 is 0 Å². The molecule has 22 heavy (non-hydrogen) atoms. The summed E-state index contributed by atoms with van der Waals surface area (Å²) in [7, 11) is 1.34. The van der Waals surface area contributed by atoms with Crippen LogP contribution in [0.3, 0.4) is 0 Å². The lowest BCUT2D eigenvalue weighted by atomic mass is 10.1. The molecule has 2 rings (SSSR count). The second-order valence-corrected chi connectivity index (χ2v) is 4.59. The summed E-state index contributed by atoms with van der Waals surface area (Å²) in [6.07, 6.45) is 0.195. The fraction of sp³-hybridized carbons (Fsp3) is 0.118. The molecule has 110 valence electrons. The molecule has 0 aromatic heterocycles. The summed E-state index contributed by atoms with van der Waals surface area (Å²) in [6.45, 7) is 0. The van der Waals surface area contributed by atoms with Gasteiger partial charge in [0, 0.05) is 11.3 Å². The maximum absolute atomic E-state index is 12.1. The first-order chi connectivity index (χ1) is 10.6. The van der Waals surface area contributed by atoms with Gasteiger partial charge in [-0.3, -0.25) is 9.59 Å². The number of benzene rings is 2. The number of nitriles is 1. The Bertz CT molecular complexity index is 713. The highest BCUT2D eigenvalue weighted by atomic mass is 16.5. The van der Waals surface area contributed by atoms with E-state index in [0.29, 0.717) is 16.8 Å². The second kappa shape index (κ2) is 7.04. The average molecular weight is 294 g/mol. The third kappa shape index (κ3) is 3.93. The van der Waals surface area contributed by atoms with Crippen LogP contribution in [0, 0.1) is 11.3 Å². The SMILES string of the molecule is COC(=O)Cc1ccc(NC(=O)c2ccc(C#N)cc2)cc1. The Hall–Kier alpha value is -3.13. The summed E-state index contributed by atoms with van der Waals surface area (Å²) in [5.41, 5.74) is 2.41. The van der Waals surface area contributed by atoms with E-state index in [-0.39, 0.29) is 18.3 Å². The Morgan fingerprint density at radius 3 is 2.27 bits per heavy atom. The highest BCUT2D eigenvalue weighted by molar-refractivity contribution is 6.04. The van der Waals surface area contributed by atoms with E-state index in [9.17, 15) is 9.59 Å². The van der Waals surface area contributed by atoms with Gasteiger partial charge in [0.05, 0.1) is 25.2 Å². The standard InChI is InChI=1S/C17H14N2O3/c1-22-16(20)10-12-4-8-15(9-5-12)19-17(21)14-6-2-13(11-18)3-7-14/h2-9H,10H2,1H3,(H,19,21). The molecule has 5 heteroatoms. The molecule has 1 N–H and O–H groups in total. The van der Waals surface area contributed by atoms with Crippen LogP contribution in [0.5, 0.6) is 0 Å². The zero-order valence-electron chi connectivity index (χ0n) is 12.0. The molecule has 0 bridgehead atoms. The molecule has 0 aliphatic heterocycles. The molecule has 2 aromatic carbocycles. The largest absolute Gasteiger partial charge is 0.469 e. The fourth-order valence-corrected chi connectivity index (χ4v) is 1.84. The number of nitrogens with one attached hydrogen (secondary N) is 1. The van der Waals surface area contributed by atoms with Gasteiger partial charge in [-0.2, -0.15) is 5.26 Å². The van der Waals surface area contributed by atoms with Gasteiger partial charge in [0.15, 0.2) is 0 Å². The lowest BCUT2D eigenvalue weighted by Gasteiger charge is -2.06. The molecule has 0 heterocycles. The molecule has 0 radical (unpaired) electrons. The Morgan fingerprint density at radius 1 is 1.09 bits per heavy atom. The van der Waals surface area contributed by atoms with Crippen molar-refractivity contribution >= 4 is 17.6 Å². The van der Waals surface area contributed by atoms with Crippen molar-refractivity contribution in [2.45, 2.75) is 6.42 Å². The molecular formula is C17H14N2O3. The average Bonchev–Trinajstić information content (AvgIpc) is 2.56. The zero-order valence-corrected chi connectivity index (χ0v) is 12.0. The van der Waals surface area contributed by atoms with Crippen LogP contribution in [0.25, 0.3) is 0 Å². The molecule has 5 nitrogen and oxygen atoms in total. The number of methoxy groups -OCH3 is 1. The van der Waals surface area contributed by atoms with Gasteiger partial charge in [-0.05, 0) is 42.0 Å². The summed E-state index contributed by atoms with van der Waals surface area (Å²) in [4.78, 5) is 23.2. The molecule has 0 unspecified atom stereocenters. The second-order valence-electron chi connectivity index (χ2n) is 4.59. The maximum atomic E-state index is 12.1. The highest BCUT2D eigenvalue weighted by Crippen LogP contribution is 2.12. The minimum atomic E-state index is -0.311. The predicted octanol–water partition coefficient (Wildman–Crippen LogP) is 2.53. The van der Waals surface area contributed by atoms with Crippen molar-refractivity contribution < 1.29 is 14.3 Å². The first kappa shape index (κ1) is 15.3. The van der Waals surface area contributed by atoms with Crippen LogP contribution in [-0.2, 0) is 16.0 Å². The number of amides is 1. The van der Waals surface area contributed by atoms with Crippen LogP contribution in [0.4, 0.5) is 5.69 Å². The summed E-state index contributed by atoms with van der Waals surface area (Å²) in [6, 6.07) is 15.3. The highest BCUT2D eigenvalue weighted by Gasteiger charge is 2.07. The molecule has 0 saturated carbocycles. The van der Waals surface area contributed by atoms with Crippen molar-refractivity contribution in [2.75, 3.05) is 12.4 Å². The van der Waals surface area contributed by atoms with E-state index in [1.54, 1.807) is 48.5 Å². The topological polar surface area (TPSA) is 79.2 Å². The zero-order chi connectivity index (χ0) is 15.9. The van der Waals surface area contributed by atoms with Crippen molar-refractivity contribution in [3.63, 3.8) is 0 Å². The quantitative estimate of drug-likeness (QED) is 0.879. The van der Waals surface area contributed by atoms with Gasteiger partial charge in [0.25, 0.3) is 5.91 Å². The molecule has 0 aliphatic carbocycles. The van der Waals surface area contributed by atoms with Crippen LogP contribution in [0.15, 0.2) is 48.5 Å². The van der Waals surface area contributed by atoms with Crippen LogP contribution < -0.4 is 5.32 Å². The molecule has 0 fully saturated rings. The van der Waals surface area contributed by atoms with Gasteiger partial charge in [-0.15, -0.1) is 0 Å². The lowest BCUT2D eigenvalue weighted by Crippen LogP contribution is -2.12. The minimum Gasteiger partial charge on any atom is -0.469 e. The van der Waals surface area contributed by atoms with Crippen LogP contribution in [0.2, 0.25) is 0 Å². The number of carbonyl (C=O) groups excluding carboxylic acids is 2. The van der Waals surface area contributed by atoms with Crippen molar-refractivity contribution in [3.05, 3.63) is 65.2 Å². The summed E-state index contributed by atoms with van der Waals surface area (Å²) in [5, 5.41) is 11.5. The summed E-state index contributed by atoms with van der Waals surface area (Å²) in [5.74, 6) is -0.570. The minimum absolute atomic E-state index is 0.195.